The van der Waals surface area contributed by atoms with Crippen LogP contribution in [0.4, 0.5) is 5.69 Å². The summed E-state index contributed by atoms with van der Waals surface area (Å²) in [5.74, 6) is 0.134. The lowest BCUT2D eigenvalue weighted by Gasteiger charge is -2.31. The van der Waals surface area contributed by atoms with E-state index in [-0.39, 0.29) is 11.9 Å². The Balaban J connectivity index is 2.05. The summed E-state index contributed by atoms with van der Waals surface area (Å²) in [7, 11) is 3.49. The molecule has 2 rings (SSSR count). The third kappa shape index (κ3) is 2.70. The van der Waals surface area contributed by atoms with Crippen molar-refractivity contribution in [3.63, 3.8) is 0 Å². The zero-order valence-corrected chi connectivity index (χ0v) is 10.9. The summed E-state index contributed by atoms with van der Waals surface area (Å²) in [6, 6.07) is -0.0684. The number of anilines is 1. The molecular formula is C12H20N4O2. The van der Waals surface area contributed by atoms with Crippen molar-refractivity contribution in [1.29, 1.82) is 0 Å². The maximum absolute atomic E-state index is 12.2. The fraction of sp³-hybridized carbons (Fsp3) is 0.667. The van der Waals surface area contributed by atoms with E-state index in [0.717, 1.165) is 25.1 Å². The van der Waals surface area contributed by atoms with Gasteiger partial charge in [0.1, 0.15) is 0 Å². The highest BCUT2D eigenvalue weighted by atomic mass is 16.5. The first-order chi connectivity index (χ1) is 8.76. The molecule has 18 heavy (non-hydrogen) atoms. The average molecular weight is 252 g/mol. The number of carbonyl (C=O) groups excluding carboxylic acids is 1. The molecule has 0 bridgehead atoms. The van der Waals surface area contributed by atoms with Crippen LogP contribution in [0.2, 0.25) is 0 Å². The first-order valence-electron chi connectivity index (χ1n) is 6.26. The number of nitrogens with zero attached hydrogens (tertiary/aromatic N) is 3. The maximum Gasteiger partial charge on any atom is 0.244 e. The summed E-state index contributed by atoms with van der Waals surface area (Å²) in [6.45, 7) is 2.09. The second-order valence-corrected chi connectivity index (χ2v) is 4.43. The number of piperidine rings is 1. The second kappa shape index (κ2) is 5.97. The second-order valence-electron chi connectivity index (χ2n) is 4.43. The number of likely N-dealkylation sites (N-methyl/N-ethyl adjacent to an activating group) is 1. The monoisotopic (exact) mass is 252 g/mol. The van der Waals surface area contributed by atoms with Crippen molar-refractivity contribution < 1.29 is 9.53 Å². The summed E-state index contributed by atoms with van der Waals surface area (Å²) in [4.78, 5) is 14.0. The van der Waals surface area contributed by atoms with Gasteiger partial charge in [-0.15, -0.1) is 0 Å². The van der Waals surface area contributed by atoms with Crippen molar-refractivity contribution in [1.82, 2.24) is 15.1 Å². The third-order valence-electron chi connectivity index (χ3n) is 3.24. The molecule has 0 aliphatic carbocycles. The van der Waals surface area contributed by atoms with Crippen LogP contribution in [0.1, 0.15) is 12.8 Å². The molecule has 1 fully saturated rings. The quantitative estimate of drug-likeness (QED) is 0.816. The molecule has 1 aromatic heterocycles. The fourth-order valence-corrected chi connectivity index (χ4v) is 2.20. The van der Waals surface area contributed by atoms with E-state index in [1.165, 1.54) is 0 Å². The van der Waals surface area contributed by atoms with E-state index in [2.05, 4.69) is 10.4 Å². The molecule has 100 valence electrons. The molecule has 1 saturated heterocycles. The Hall–Kier alpha value is -1.40. The molecule has 0 saturated carbocycles. The van der Waals surface area contributed by atoms with Crippen LogP contribution in [0, 0.1) is 0 Å². The van der Waals surface area contributed by atoms with Gasteiger partial charge in [-0.25, -0.2) is 0 Å². The van der Waals surface area contributed by atoms with Crippen molar-refractivity contribution in [3.05, 3.63) is 12.4 Å². The smallest absolute Gasteiger partial charge is 0.244 e. The van der Waals surface area contributed by atoms with Crippen LogP contribution in [0.3, 0.4) is 0 Å². The van der Waals surface area contributed by atoms with Crippen molar-refractivity contribution in [2.45, 2.75) is 25.4 Å². The van der Waals surface area contributed by atoms with Gasteiger partial charge in [0.25, 0.3) is 0 Å². The first-order valence-corrected chi connectivity index (χ1v) is 6.26. The Kier molecular flexibility index (Phi) is 4.33. The highest BCUT2D eigenvalue weighted by Crippen LogP contribution is 2.20. The van der Waals surface area contributed by atoms with Crippen LogP contribution >= 0.6 is 0 Å². The Labute approximate surface area is 107 Å². The Morgan fingerprint density at radius 2 is 2.44 bits per heavy atom. The maximum atomic E-state index is 12.2. The van der Waals surface area contributed by atoms with Crippen molar-refractivity contribution in [2.75, 3.05) is 32.2 Å². The summed E-state index contributed by atoms with van der Waals surface area (Å²) < 4.78 is 6.81. The molecule has 1 N–H and O–H groups in total. The molecule has 1 aliphatic rings. The topological polar surface area (TPSA) is 59.4 Å². The predicted molar refractivity (Wildman–Crippen MR) is 68.5 cm³/mol. The standard InChI is InChI=1S/C12H20N4O2/c1-13-11-4-3-5-16(12(11)17)10-8-14-15(9-10)6-7-18-2/h8-9,11,13H,3-7H2,1-2H3. The van der Waals surface area contributed by atoms with Gasteiger partial charge < -0.3 is 15.0 Å². The van der Waals surface area contributed by atoms with Gasteiger partial charge in [-0.05, 0) is 19.9 Å². The largest absolute Gasteiger partial charge is 0.383 e. The van der Waals surface area contributed by atoms with Crippen LogP contribution in [-0.2, 0) is 16.1 Å². The number of methoxy groups -OCH3 is 1. The molecule has 0 aromatic carbocycles. The number of carbonyl (C=O) groups is 1. The molecule has 1 atom stereocenters. The minimum atomic E-state index is -0.0684. The summed E-state index contributed by atoms with van der Waals surface area (Å²) in [5.41, 5.74) is 0.871. The number of ether oxygens (including phenoxy) is 1. The van der Waals surface area contributed by atoms with E-state index in [1.807, 2.05) is 13.2 Å². The SMILES string of the molecule is CNC1CCCN(c2cnn(CCOC)c2)C1=O. The van der Waals surface area contributed by atoms with E-state index < -0.39 is 0 Å². The third-order valence-corrected chi connectivity index (χ3v) is 3.24. The molecule has 6 nitrogen and oxygen atoms in total. The minimum absolute atomic E-state index is 0.0684. The van der Waals surface area contributed by atoms with Gasteiger partial charge in [-0.1, -0.05) is 0 Å². The number of amides is 1. The molecule has 1 amide bonds. The molecule has 0 spiro atoms. The fourth-order valence-electron chi connectivity index (χ4n) is 2.20. The molecule has 2 heterocycles. The number of hydrogen-bond donors (Lipinski definition) is 1. The van der Waals surface area contributed by atoms with Crippen LogP contribution < -0.4 is 10.2 Å². The number of rotatable bonds is 5. The lowest BCUT2D eigenvalue weighted by molar-refractivity contribution is -0.121. The van der Waals surface area contributed by atoms with Gasteiger partial charge in [0, 0.05) is 19.9 Å². The lowest BCUT2D eigenvalue weighted by atomic mass is 10.0. The van der Waals surface area contributed by atoms with Crippen molar-refractivity contribution in [3.8, 4) is 0 Å². The van der Waals surface area contributed by atoms with Gasteiger partial charge in [-0.2, -0.15) is 5.10 Å². The van der Waals surface area contributed by atoms with Crippen LogP contribution in [-0.4, -0.2) is 49.0 Å². The molecule has 0 radical (unpaired) electrons. The predicted octanol–water partition coefficient (Wildman–Crippen LogP) is 0.244. The molecule has 1 aromatic rings. The van der Waals surface area contributed by atoms with E-state index in [9.17, 15) is 4.79 Å². The van der Waals surface area contributed by atoms with E-state index in [1.54, 1.807) is 22.9 Å². The Morgan fingerprint density at radius 3 is 3.17 bits per heavy atom. The van der Waals surface area contributed by atoms with Crippen LogP contribution in [0.5, 0.6) is 0 Å². The average Bonchev–Trinajstić information content (AvgIpc) is 2.85. The molecular weight excluding hydrogens is 232 g/mol. The summed E-state index contributed by atoms with van der Waals surface area (Å²) >= 11 is 0. The van der Waals surface area contributed by atoms with E-state index in [4.69, 9.17) is 4.74 Å². The van der Waals surface area contributed by atoms with Gasteiger partial charge in [0.2, 0.25) is 5.91 Å². The number of aromatic nitrogens is 2. The van der Waals surface area contributed by atoms with Crippen LogP contribution in [0.15, 0.2) is 12.4 Å². The molecule has 1 aliphatic heterocycles. The molecule has 1 unspecified atom stereocenters. The summed E-state index contributed by atoms with van der Waals surface area (Å²) in [6.07, 6.45) is 5.56. The highest BCUT2D eigenvalue weighted by Gasteiger charge is 2.28. The van der Waals surface area contributed by atoms with Gasteiger partial charge in [0.15, 0.2) is 0 Å². The minimum Gasteiger partial charge on any atom is -0.383 e. The molecule has 6 heteroatoms. The van der Waals surface area contributed by atoms with Gasteiger partial charge in [0.05, 0.1) is 31.1 Å². The van der Waals surface area contributed by atoms with E-state index in [0.29, 0.717) is 13.2 Å². The van der Waals surface area contributed by atoms with Crippen molar-refractivity contribution >= 4 is 11.6 Å². The van der Waals surface area contributed by atoms with E-state index >= 15 is 0 Å². The van der Waals surface area contributed by atoms with Crippen molar-refractivity contribution in [2.24, 2.45) is 0 Å². The zero-order chi connectivity index (χ0) is 13.0. The Morgan fingerprint density at radius 1 is 1.61 bits per heavy atom. The van der Waals surface area contributed by atoms with Gasteiger partial charge in [-0.3, -0.25) is 9.48 Å². The zero-order valence-electron chi connectivity index (χ0n) is 10.9. The lowest BCUT2D eigenvalue weighted by Crippen LogP contribution is -2.49. The van der Waals surface area contributed by atoms with Gasteiger partial charge >= 0.3 is 0 Å². The highest BCUT2D eigenvalue weighted by molar-refractivity contribution is 5.97. The normalized spacial score (nSPS) is 20.4. The van der Waals surface area contributed by atoms with Crippen LogP contribution in [0.25, 0.3) is 0 Å². The first kappa shape index (κ1) is 13.0. The number of hydrogen-bond acceptors (Lipinski definition) is 4. The summed E-state index contributed by atoms with van der Waals surface area (Å²) in [5, 5.41) is 7.29. The Bertz CT molecular complexity index is 405. The number of nitrogens with one attached hydrogen (secondary N) is 1.